The third-order valence-electron chi connectivity index (χ3n) is 4.54. The maximum absolute atomic E-state index is 12.3. The second-order valence-corrected chi connectivity index (χ2v) is 6.13. The van der Waals surface area contributed by atoms with Crippen molar-refractivity contribution in [2.45, 2.75) is 51.5 Å². The van der Waals surface area contributed by atoms with Crippen LogP contribution in [0.5, 0.6) is 0 Å². The zero-order chi connectivity index (χ0) is 14.6. The molecule has 1 aromatic rings. The smallest absolute Gasteiger partial charge is 0.251 e. The number of rotatable bonds is 4. The lowest BCUT2D eigenvalue weighted by molar-refractivity contribution is 0.0717. The van der Waals surface area contributed by atoms with Gasteiger partial charge in [0.05, 0.1) is 12.1 Å². The van der Waals surface area contributed by atoms with Crippen molar-refractivity contribution in [3.05, 3.63) is 35.4 Å². The molecule has 1 aromatic carbocycles. The standard InChI is InChI=1S/C17H25NO2/c1-3-14-4-6-15(7-5-14)16(20)18-17(12-19)10-8-13(2)9-11-17/h4-7,13,19H,3,8-12H2,1-2H3,(H,18,20). The molecule has 1 fully saturated rings. The Hall–Kier alpha value is -1.35. The van der Waals surface area contributed by atoms with Gasteiger partial charge in [0.2, 0.25) is 0 Å². The van der Waals surface area contributed by atoms with E-state index in [4.69, 9.17) is 0 Å². The normalized spacial score (nSPS) is 26.2. The number of hydrogen-bond donors (Lipinski definition) is 2. The fourth-order valence-corrected chi connectivity index (χ4v) is 2.84. The first-order valence-corrected chi connectivity index (χ1v) is 7.61. The van der Waals surface area contributed by atoms with Crippen LogP contribution in [0.2, 0.25) is 0 Å². The molecule has 110 valence electrons. The van der Waals surface area contributed by atoms with E-state index in [1.165, 1.54) is 5.56 Å². The van der Waals surface area contributed by atoms with Gasteiger partial charge in [0.15, 0.2) is 0 Å². The minimum atomic E-state index is -0.424. The molecule has 0 bridgehead atoms. The molecule has 20 heavy (non-hydrogen) atoms. The van der Waals surface area contributed by atoms with E-state index in [2.05, 4.69) is 19.2 Å². The fourth-order valence-electron chi connectivity index (χ4n) is 2.84. The number of hydrogen-bond acceptors (Lipinski definition) is 2. The summed E-state index contributed by atoms with van der Waals surface area (Å²) < 4.78 is 0. The number of aliphatic hydroxyl groups is 1. The summed E-state index contributed by atoms with van der Waals surface area (Å²) in [6, 6.07) is 7.71. The van der Waals surface area contributed by atoms with Gasteiger partial charge in [-0.1, -0.05) is 26.0 Å². The molecule has 0 aromatic heterocycles. The number of nitrogens with one attached hydrogen (secondary N) is 1. The van der Waals surface area contributed by atoms with Gasteiger partial charge in [-0.15, -0.1) is 0 Å². The van der Waals surface area contributed by atoms with Gasteiger partial charge in [-0.2, -0.15) is 0 Å². The molecule has 3 heteroatoms. The molecule has 2 rings (SSSR count). The van der Waals surface area contributed by atoms with Gasteiger partial charge in [0, 0.05) is 5.56 Å². The highest BCUT2D eigenvalue weighted by molar-refractivity contribution is 5.94. The van der Waals surface area contributed by atoms with Crippen molar-refractivity contribution in [2.24, 2.45) is 5.92 Å². The topological polar surface area (TPSA) is 49.3 Å². The average molecular weight is 275 g/mol. The Morgan fingerprint density at radius 1 is 1.30 bits per heavy atom. The molecule has 0 radical (unpaired) electrons. The first kappa shape index (κ1) is 15.0. The van der Waals surface area contributed by atoms with E-state index < -0.39 is 5.54 Å². The van der Waals surface area contributed by atoms with E-state index in [0.717, 1.165) is 32.1 Å². The maximum atomic E-state index is 12.3. The lowest BCUT2D eigenvalue weighted by atomic mass is 9.77. The summed E-state index contributed by atoms with van der Waals surface area (Å²) in [7, 11) is 0. The SMILES string of the molecule is CCc1ccc(C(=O)NC2(CO)CCC(C)CC2)cc1. The predicted molar refractivity (Wildman–Crippen MR) is 80.7 cm³/mol. The van der Waals surface area contributed by atoms with E-state index in [0.29, 0.717) is 11.5 Å². The highest BCUT2D eigenvalue weighted by Gasteiger charge is 2.35. The van der Waals surface area contributed by atoms with Crippen LogP contribution in [0.1, 0.15) is 55.5 Å². The van der Waals surface area contributed by atoms with Crippen LogP contribution in [0.15, 0.2) is 24.3 Å². The molecule has 1 saturated carbocycles. The summed E-state index contributed by atoms with van der Waals surface area (Å²) in [6.45, 7) is 4.35. The minimum absolute atomic E-state index is 0.0263. The molecule has 0 spiro atoms. The Morgan fingerprint density at radius 3 is 2.40 bits per heavy atom. The van der Waals surface area contributed by atoms with Crippen LogP contribution in [-0.4, -0.2) is 23.2 Å². The Bertz CT molecular complexity index is 445. The van der Waals surface area contributed by atoms with Crippen molar-refractivity contribution < 1.29 is 9.90 Å². The third kappa shape index (κ3) is 3.40. The highest BCUT2D eigenvalue weighted by Crippen LogP contribution is 2.31. The second kappa shape index (κ2) is 6.40. The third-order valence-corrected chi connectivity index (χ3v) is 4.54. The van der Waals surface area contributed by atoms with E-state index in [1.54, 1.807) is 0 Å². The molecule has 0 saturated heterocycles. The molecule has 0 aliphatic heterocycles. The minimum Gasteiger partial charge on any atom is -0.394 e. The molecule has 0 heterocycles. The van der Waals surface area contributed by atoms with Crippen molar-refractivity contribution in [1.82, 2.24) is 5.32 Å². The van der Waals surface area contributed by atoms with Crippen molar-refractivity contribution in [3.63, 3.8) is 0 Å². The van der Waals surface area contributed by atoms with Crippen LogP contribution in [-0.2, 0) is 6.42 Å². The van der Waals surface area contributed by atoms with Gasteiger partial charge in [0.1, 0.15) is 0 Å². The number of benzene rings is 1. The van der Waals surface area contributed by atoms with Gasteiger partial charge in [-0.05, 0) is 55.7 Å². The zero-order valence-electron chi connectivity index (χ0n) is 12.5. The molecular weight excluding hydrogens is 250 g/mol. The van der Waals surface area contributed by atoms with Crippen molar-refractivity contribution in [3.8, 4) is 0 Å². The van der Waals surface area contributed by atoms with E-state index >= 15 is 0 Å². The fraction of sp³-hybridized carbons (Fsp3) is 0.588. The van der Waals surface area contributed by atoms with Crippen LogP contribution in [0.3, 0.4) is 0 Å². The Balaban J connectivity index is 2.04. The van der Waals surface area contributed by atoms with Gasteiger partial charge in [0.25, 0.3) is 5.91 Å². The molecule has 2 N–H and O–H groups in total. The molecule has 1 aliphatic carbocycles. The highest BCUT2D eigenvalue weighted by atomic mass is 16.3. The number of carbonyl (C=O) groups excluding carboxylic acids is 1. The van der Waals surface area contributed by atoms with Crippen LogP contribution in [0.25, 0.3) is 0 Å². The number of amides is 1. The Morgan fingerprint density at radius 2 is 1.90 bits per heavy atom. The van der Waals surface area contributed by atoms with Crippen molar-refractivity contribution in [2.75, 3.05) is 6.61 Å². The van der Waals surface area contributed by atoms with Crippen LogP contribution in [0, 0.1) is 5.92 Å². The van der Waals surface area contributed by atoms with E-state index in [9.17, 15) is 9.90 Å². The van der Waals surface area contributed by atoms with Gasteiger partial charge < -0.3 is 10.4 Å². The Labute approximate surface area is 121 Å². The van der Waals surface area contributed by atoms with Gasteiger partial charge >= 0.3 is 0 Å². The summed E-state index contributed by atoms with van der Waals surface area (Å²) in [5.74, 6) is 0.617. The lowest BCUT2D eigenvalue weighted by Crippen LogP contribution is -2.53. The van der Waals surface area contributed by atoms with Crippen LogP contribution < -0.4 is 5.32 Å². The number of carbonyl (C=O) groups is 1. The summed E-state index contributed by atoms with van der Waals surface area (Å²) in [4.78, 5) is 12.3. The van der Waals surface area contributed by atoms with Crippen molar-refractivity contribution in [1.29, 1.82) is 0 Å². The number of aliphatic hydroxyl groups excluding tert-OH is 1. The quantitative estimate of drug-likeness (QED) is 0.887. The molecular formula is C17H25NO2. The molecule has 1 aliphatic rings. The van der Waals surface area contributed by atoms with Gasteiger partial charge in [-0.3, -0.25) is 4.79 Å². The molecule has 0 atom stereocenters. The van der Waals surface area contributed by atoms with E-state index in [-0.39, 0.29) is 12.5 Å². The molecule has 3 nitrogen and oxygen atoms in total. The first-order chi connectivity index (χ1) is 9.58. The Kier molecular flexibility index (Phi) is 4.81. The zero-order valence-corrected chi connectivity index (χ0v) is 12.5. The largest absolute Gasteiger partial charge is 0.394 e. The molecule has 0 unspecified atom stereocenters. The average Bonchev–Trinajstić information content (AvgIpc) is 2.50. The predicted octanol–water partition coefficient (Wildman–Crippen LogP) is 2.92. The van der Waals surface area contributed by atoms with Crippen LogP contribution >= 0.6 is 0 Å². The number of aryl methyl sites for hydroxylation is 1. The summed E-state index contributed by atoms with van der Waals surface area (Å²) in [5.41, 5.74) is 1.48. The van der Waals surface area contributed by atoms with Crippen molar-refractivity contribution >= 4 is 5.91 Å². The summed E-state index contributed by atoms with van der Waals surface area (Å²) in [6.07, 6.45) is 4.83. The monoisotopic (exact) mass is 275 g/mol. The maximum Gasteiger partial charge on any atom is 0.251 e. The first-order valence-electron chi connectivity index (χ1n) is 7.61. The van der Waals surface area contributed by atoms with E-state index in [1.807, 2.05) is 24.3 Å². The summed E-state index contributed by atoms with van der Waals surface area (Å²) in [5, 5.41) is 12.8. The molecule has 1 amide bonds. The second-order valence-electron chi connectivity index (χ2n) is 6.13. The lowest BCUT2D eigenvalue weighted by Gasteiger charge is -2.38. The summed E-state index contributed by atoms with van der Waals surface area (Å²) >= 11 is 0. The van der Waals surface area contributed by atoms with Crippen LogP contribution in [0.4, 0.5) is 0 Å². The van der Waals surface area contributed by atoms with Gasteiger partial charge in [-0.25, -0.2) is 0 Å².